The van der Waals surface area contributed by atoms with Gasteiger partial charge in [-0.05, 0) is 25.5 Å². The van der Waals surface area contributed by atoms with Gasteiger partial charge in [-0.25, -0.2) is 36.3 Å². The van der Waals surface area contributed by atoms with Gasteiger partial charge in [0.05, 0.1) is 11.4 Å². The minimum Gasteiger partial charge on any atom is -0.350 e. The van der Waals surface area contributed by atoms with E-state index in [9.17, 15) is 9.59 Å². The van der Waals surface area contributed by atoms with Crippen LogP contribution in [0.15, 0.2) is 6.07 Å². The fourth-order valence-electron chi connectivity index (χ4n) is 1.52. The lowest BCUT2D eigenvalue weighted by atomic mass is 10.2. The molecule has 98 valence electrons. The highest BCUT2D eigenvalue weighted by Gasteiger charge is 2.18. The van der Waals surface area contributed by atoms with Crippen LogP contribution in [0.5, 0.6) is 0 Å². The number of aromatic nitrogens is 1. The zero-order valence-corrected chi connectivity index (χ0v) is 10.0. The van der Waals surface area contributed by atoms with E-state index in [4.69, 9.17) is 23.2 Å². The number of nitrogens with two attached hydrogens (primary N) is 4. The zero-order valence-electron chi connectivity index (χ0n) is 10.0. The molecule has 9 nitrogen and oxygen atoms in total. The fraction of sp³-hybridized carbons (Fsp3) is 0.222. The largest absolute Gasteiger partial charge is 0.350 e. The SMILES string of the molecule is Cc1cc(N(N)C(N)=O)nc(C)c1N(N)C(N)=O. The van der Waals surface area contributed by atoms with E-state index in [1.807, 2.05) is 0 Å². The molecule has 9 heteroatoms. The summed E-state index contributed by atoms with van der Waals surface area (Å²) in [6.07, 6.45) is 0. The van der Waals surface area contributed by atoms with Crippen LogP contribution >= 0.6 is 0 Å². The number of hydrazine groups is 2. The summed E-state index contributed by atoms with van der Waals surface area (Å²) in [4.78, 5) is 26.0. The Labute approximate surface area is 103 Å². The Bertz CT molecular complexity index is 479. The standard InChI is InChI=1S/C9H15N7O2/c1-4-3-6(15(12)8(10)17)14-5(2)7(4)16(13)9(11)18/h3H,12-13H2,1-2H3,(H2,10,17)(H2,11,18). The third-order valence-corrected chi connectivity index (χ3v) is 2.31. The summed E-state index contributed by atoms with van der Waals surface area (Å²) in [5.41, 5.74) is 11.4. The lowest BCUT2D eigenvalue weighted by molar-refractivity contribution is 0.253. The van der Waals surface area contributed by atoms with E-state index >= 15 is 0 Å². The molecule has 1 heterocycles. The van der Waals surface area contributed by atoms with Crippen LogP contribution in [-0.4, -0.2) is 17.0 Å². The smallest absolute Gasteiger partial charge is 0.335 e. The van der Waals surface area contributed by atoms with Crippen molar-refractivity contribution in [2.24, 2.45) is 23.2 Å². The van der Waals surface area contributed by atoms with Crippen molar-refractivity contribution in [3.05, 3.63) is 17.3 Å². The predicted octanol–water partition coefficient (Wildman–Crippen LogP) is -0.784. The van der Waals surface area contributed by atoms with Crippen molar-refractivity contribution in [1.82, 2.24) is 4.98 Å². The predicted molar refractivity (Wildman–Crippen MR) is 66.2 cm³/mol. The maximum atomic E-state index is 11.0. The maximum Gasteiger partial charge on any atom is 0.335 e. The normalized spacial score (nSPS) is 10.0. The molecule has 1 aromatic heterocycles. The number of amides is 4. The lowest BCUT2D eigenvalue weighted by Crippen LogP contribution is -2.44. The van der Waals surface area contributed by atoms with Crippen molar-refractivity contribution < 1.29 is 9.59 Å². The van der Waals surface area contributed by atoms with Gasteiger partial charge in [-0.1, -0.05) is 0 Å². The minimum atomic E-state index is -0.853. The maximum absolute atomic E-state index is 11.0. The quantitative estimate of drug-likeness (QED) is 0.308. The molecule has 18 heavy (non-hydrogen) atoms. The van der Waals surface area contributed by atoms with Crippen LogP contribution in [0.3, 0.4) is 0 Å². The first kappa shape index (κ1) is 13.7. The first-order valence-electron chi connectivity index (χ1n) is 4.92. The Balaban J connectivity index is 3.29. The Morgan fingerprint density at radius 3 is 2.00 bits per heavy atom. The molecule has 1 rings (SSSR count). The number of carbonyl (C=O) groups excluding carboxylic acids is 2. The Hall–Kier alpha value is -2.39. The molecule has 0 radical (unpaired) electrons. The van der Waals surface area contributed by atoms with Crippen molar-refractivity contribution in [3.8, 4) is 0 Å². The second-order valence-electron chi connectivity index (χ2n) is 3.65. The fourth-order valence-corrected chi connectivity index (χ4v) is 1.52. The summed E-state index contributed by atoms with van der Waals surface area (Å²) in [6.45, 7) is 3.27. The Morgan fingerprint density at radius 1 is 1.11 bits per heavy atom. The average molecular weight is 253 g/mol. The van der Waals surface area contributed by atoms with E-state index in [0.717, 1.165) is 5.01 Å². The van der Waals surface area contributed by atoms with Crippen LogP contribution in [-0.2, 0) is 0 Å². The number of hydrogen-bond donors (Lipinski definition) is 4. The van der Waals surface area contributed by atoms with E-state index in [-0.39, 0.29) is 5.82 Å². The van der Waals surface area contributed by atoms with Crippen molar-refractivity contribution >= 4 is 23.6 Å². The van der Waals surface area contributed by atoms with Crippen LogP contribution < -0.4 is 33.2 Å². The number of primary amides is 2. The first-order chi connectivity index (χ1) is 8.25. The van der Waals surface area contributed by atoms with E-state index < -0.39 is 12.1 Å². The van der Waals surface area contributed by atoms with Gasteiger partial charge in [0.15, 0.2) is 5.82 Å². The molecule has 0 saturated heterocycles. The van der Waals surface area contributed by atoms with Crippen molar-refractivity contribution in [3.63, 3.8) is 0 Å². The first-order valence-corrected chi connectivity index (χ1v) is 4.92. The molecule has 4 amide bonds. The van der Waals surface area contributed by atoms with Gasteiger partial charge < -0.3 is 11.5 Å². The van der Waals surface area contributed by atoms with Crippen molar-refractivity contribution in [1.29, 1.82) is 0 Å². The monoisotopic (exact) mass is 253 g/mol. The van der Waals surface area contributed by atoms with Gasteiger partial charge in [0.1, 0.15) is 0 Å². The number of nitrogens with zero attached hydrogens (tertiary/aromatic N) is 3. The summed E-state index contributed by atoms with van der Waals surface area (Å²) in [6, 6.07) is -0.209. The van der Waals surface area contributed by atoms with Gasteiger partial charge in [-0.2, -0.15) is 0 Å². The molecular weight excluding hydrogens is 238 g/mol. The molecule has 0 saturated carbocycles. The molecule has 0 aliphatic rings. The third-order valence-electron chi connectivity index (χ3n) is 2.31. The summed E-state index contributed by atoms with van der Waals surface area (Å²) >= 11 is 0. The highest BCUT2D eigenvalue weighted by molar-refractivity contribution is 5.92. The van der Waals surface area contributed by atoms with E-state index in [1.54, 1.807) is 13.8 Å². The molecular formula is C9H15N7O2. The summed E-state index contributed by atoms with van der Waals surface area (Å²) < 4.78 is 0. The molecule has 1 aromatic rings. The van der Waals surface area contributed by atoms with E-state index in [1.165, 1.54) is 6.07 Å². The second-order valence-corrected chi connectivity index (χ2v) is 3.65. The highest BCUT2D eigenvalue weighted by Crippen LogP contribution is 2.24. The molecule has 0 bridgehead atoms. The van der Waals surface area contributed by atoms with Crippen molar-refractivity contribution in [2.75, 3.05) is 10.0 Å². The number of carbonyl (C=O) groups is 2. The second kappa shape index (κ2) is 4.85. The lowest BCUT2D eigenvalue weighted by Gasteiger charge is -2.21. The van der Waals surface area contributed by atoms with Crippen LogP contribution in [0, 0.1) is 13.8 Å². The molecule has 0 fully saturated rings. The highest BCUT2D eigenvalue weighted by atomic mass is 16.2. The van der Waals surface area contributed by atoms with Gasteiger partial charge >= 0.3 is 12.1 Å². The van der Waals surface area contributed by atoms with Gasteiger partial charge in [-0.15, -0.1) is 0 Å². The molecule has 0 aliphatic heterocycles. The number of pyridine rings is 1. The van der Waals surface area contributed by atoms with Gasteiger partial charge in [-0.3, -0.25) is 0 Å². The van der Waals surface area contributed by atoms with Gasteiger partial charge in [0, 0.05) is 0 Å². The van der Waals surface area contributed by atoms with E-state index in [2.05, 4.69) is 4.98 Å². The van der Waals surface area contributed by atoms with Crippen LogP contribution in [0.4, 0.5) is 21.1 Å². The number of urea groups is 2. The van der Waals surface area contributed by atoms with Crippen molar-refractivity contribution in [2.45, 2.75) is 13.8 Å². The Kier molecular flexibility index (Phi) is 3.69. The van der Waals surface area contributed by atoms with Gasteiger partial charge in [0.25, 0.3) is 0 Å². The summed E-state index contributed by atoms with van der Waals surface area (Å²) in [7, 11) is 0. The molecule has 0 spiro atoms. The molecule has 0 aliphatic carbocycles. The molecule has 0 aromatic carbocycles. The number of anilines is 2. The van der Waals surface area contributed by atoms with Crippen LogP contribution in [0.2, 0.25) is 0 Å². The third kappa shape index (κ3) is 2.47. The van der Waals surface area contributed by atoms with Crippen LogP contribution in [0.25, 0.3) is 0 Å². The number of hydrogen-bond acceptors (Lipinski definition) is 5. The Morgan fingerprint density at radius 2 is 1.61 bits per heavy atom. The van der Waals surface area contributed by atoms with E-state index in [0.29, 0.717) is 22.0 Å². The van der Waals surface area contributed by atoms with Gasteiger partial charge in [0.2, 0.25) is 0 Å². The summed E-state index contributed by atoms with van der Waals surface area (Å²) in [5, 5.41) is 1.46. The molecule has 8 N–H and O–H groups in total. The average Bonchev–Trinajstić information content (AvgIpc) is 2.26. The molecule has 0 unspecified atom stereocenters. The van der Waals surface area contributed by atoms with Crippen LogP contribution in [0.1, 0.15) is 11.3 Å². The zero-order chi connectivity index (χ0) is 14.0. The minimum absolute atomic E-state index is 0.152. The number of rotatable bonds is 2. The molecule has 0 atom stereocenters. The number of aryl methyl sites for hydroxylation is 2. The topological polar surface area (TPSA) is 158 Å². The summed E-state index contributed by atoms with van der Waals surface area (Å²) in [5.74, 6) is 11.1.